The summed E-state index contributed by atoms with van der Waals surface area (Å²) in [5.41, 5.74) is 2.60. The lowest BCUT2D eigenvalue weighted by Gasteiger charge is -2.59. The summed E-state index contributed by atoms with van der Waals surface area (Å²) >= 11 is 0. The summed E-state index contributed by atoms with van der Waals surface area (Å²) in [6, 6.07) is 0. The molecule has 0 spiro atoms. The maximum Gasteiger partial charge on any atom is 0.0724 e. The Hall–Kier alpha value is -0.300. The van der Waals surface area contributed by atoms with Crippen molar-refractivity contribution in [2.24, 2.45) is 52.3 Å². The van der Waals surface area contributed by atoms with Crippen molar-refractivity contribution >= 4 is 0 Å². The van der Waals surface area contributed by atoms with Gasteiger partial charge >= 0.3 is 0 Å². The van der Waals surface area contributed by atoms with Gasteiger partial charge in [0.1, 0.15) is 0 Å². The van der Waals surface area contributed by atoms with E-state index in [9.17, 15) is 5.11 Å². The maximum atomic E-state index is 10.2. The average molecular weight is 415 g/mol. The van der Waals surface area contributed by atoms with Crippen molar-refractivity contribution in [1.29, 1.82) is 0 Å². The van der Waals surface area contributed by atoms with E-state index in [0.717, 1.165) is 47.8 Å². The lowest BCUT2D eigenvalue weighted by atomic mass is 9.46. The van der Waals surface area contributed by atoms with Gasteiger partial charge in [0.05, 0.1) is 6.10 Å². The first-order valence-corrected chi connectivity index (χ1v) is 13.6. The number of allylic oxidation sites excluding steroid dienone is 1. The van der Waals surface area contributed by atoms with Crippen LogP contribution in [0.1, 0.15) is 112 Å². The monoisotopic (exact) mass is 414 g/mol. The highest BCUT2D eigenvalue weighted by Gasteiger charge is 2.59. The van der Waals surface area contributed by atoms with E-state index in [0.29, 0.717) is 10.8 Å². The van der Waals surface area contributed by atoms with Crippen LogP contribution >= 0.6 is 0 Å². The minimum absolute atomic E-state index is 0.173. The van der Waals surface area contributed by atoms with E-state index in [1.54, 1.807) is 5.57 Å². The van der Waals surface area contributed by atoms with Gasteiger partial charge in [-0.2, -0.15) is 0 Å². The van der Waals surface area contributed by atoms with E-state index in [4.69, 9.17) is 0 Å². The quantitative estimate of drug-likeness (QED) is 0.436. The van der Waals surface area contributed by atoms with E-state index in [2.05, 4.69) is 47.6 Å². The van der Waals surface area contributed by atoms with Crippen molar-refractivity contribution in [3.63, 3.8) is 0 Å². The van der Waals surface area contributed by atoms with Crippen LogP contribution in [0.4, 0.5) is 0 Å². The molecule has 4 aliphatic carbocycles. The molecule has 4 aliphatic rings. The van der Waals surface area contributed by atoms with Crippen LogP contribution in [0.5, 0.6) is 0 Å². The molecule has 3 fully saturated rings. The standard InChI is InChI=1S/C29H50O/c1-7-21(19(2)3)9-8-20(4)25-12-13-26-24-11-10-22-18-23(30)14-16-28(22,5)27(24)15-17-29(25,26)6/h18-21,23-27,30H,7-17H2,1-6H3. The van der Waals surface area contributed by atoms with E-state index < -0.39 is 0 Å². The largest absolute Gasteiger partial charge is 0.389 e. The summed E-state index contributed by atoms with van der Waals surface area (Å²) in [4.78, 5) is 0. The first-order valence-electron chi connectivity index (χ1n) is 13.6. The third kappa shape index (κ3) is 3.74. The van der Waals surface area contributed by atoms with Gasteiger partial charge in [-0.25, -0.2) is 0 Å². The molecule has 0 aromatic heterocycles. The van der Waals surface area contributed by atoms with Gasteiger partial charge in [0.2, 0.25) is 0 Å². The van der Waals surface area contributed by atoms with Gasteiger partial charge in [0.25, 0.3) is 0 Å². The third-order valence-corrected chi connectivity index (χ3v) is 11.3. The predicted octanol–water partition coefficient (Wildman–Crippen LogP) is 8.02. The molecule has 0 aliphatic heterocycles. The van der Waals surface area contributed by atoms with Gasteiger partial charge < -0.3 is 5.11 Å². The topological polar surface area (TPSA) is 20.2 Å². The van der Waals surface area contributed by atoms with Gasteiger partial charge in [-0.1, -0.05) is 66.0 Å². The lowest BCUT2D eigenvalue weighted by molar-refractivity contribution is -0.0629. The Morgan fingerprint density at radius 1 is 0.967 bits per heavy atom. The zero-order chi connectivity index (χ0) is 21.7. The molecular weight excluding hydrogens is 364 g/mol. The van der Waals surface area contributed by atoms with Crippen molar-refractivity contribution < 1.29 is 5.11 Å². The highest BCUT2D eigenvalue weighted by molar-refractivity contribution is 5.25. The molecule has 0 radical (unpaired) electrons. The second-order valence-corrected chi connectivity index (χ2v) is 12.8. The third-order valence-electron chi connectivity index (χ3n) is 11.3. The molecule has 0 heterocycles. The number of rotatable bonds is 6. The Morgan fingerprint density at radius 2 is 1.73 bits per heavy atom. The average Bonchev–Trinajstić information content (AvgIpc) is 3.06. The summed E-state index contributed by atoms with van der Waals surface area (Å²) in [7, 11) is 0. The van der Waals surface area contributed by atoms with Gasteiger partial charge in [-0.3, -0.25) is 0 Å². The van der Waals surface area contributed by atoms with Crippen LogP contribution < -0.4 is 0 Å². The lowest BCUT2D eigenvalue weighted by Crippen LogP contribution is -2.51. The first-order chi connectivity index (χ1) is 14.2. The smallest absolute Gasteiger partial charge is 0.0724 e. The Kier molecular flexibility index (Phi) is 6.53. The zero-order valence-electron chi connectivity index (χ0n) is 20.9. The first kappa shape index (κ1) is 22.9. The predicted molar refractivity (Wildman–Crippen MR) is 128 cm³/mol. The number of aliphatic hydroxyl groups is 1. The molecule has 1 nitrogen and oxygen atoms in total. The normalized spacial score (nSPS) is 45.3. The Balaban J connectivity index is 1.47. The molecule has 4 rings (SSSR count). The second kappa shape index (κ2) is 8.57. The van der Waals surface area contributed by atoms with E-state index in [1.807, 2.05) is 0 Å². The molecule has 3 saturated carbocycles. The van der Waals surface area contributed by atoms with Crippen molar-refractivity contribution in [2.75, 3.05) is 0 Å². The summed E-state index contributed by atoms with van der Waals surface area (Å²) < 4.78 is 0. The molecule has 0 bridgehead atoms. The fourth-order valence-corrected chi connectivity index (χ4v) is 9.37. The summed E-state index contributed by atoms with van der Waals surface area (Å²) in [5.74, 6) is 6.37. The van der Waals surface area contributed by atoms with Gasteiger partial charge in [-0.05, 0) is 110 Å². The number of aliphatic hydroxyl groups excluding tert-OH is 1. The van der Waals surface area contributed by atoms with Crippen LogP contribution in [0.25, 0.3) is 0 Å². The molecule has 172 valence electrons. The molecule has 0 amide bonds. The Labute approximate surface area is 187 Å². The molecule has 1 N–H and O–H groups in total. The van der Waals surface area contributed by atoms with Crippen LogP contribution in [0.2, 0.25) is 0 Å². The summed E-state index contributed by atoms with van der Waals surface area (Å²) in [5, 5.41) is 10.2. The maximum absolute atomic E-state index is 10.2. The number of hydrogen-bond donors (Lipinski definition) is 1. The van der Waals surface area contributed by atoms with Crippen LogP contribution in [0, 0.1) is 52.3 Å². The van der Waals surface area contributed by atoms with Crippen LogP contribution in [0.15, 0.2) is 11.6 Å². The van der Waals surface area contributed by atoms with Crippen molar-refractivity contribution in [3.05, 3.63) is 11.6 Å². The van der Waals surface area contributed by atoms with Crippen molar-refractivity contribution in [1.82, 2.24) is 0 Å². The molecule has 30 heavy (non-hydrogen) atoms. The number of hydrogen-bond acceptors (Lipinski definition) is 1. The summed E-state index contributed by atoms with van der Waals surface area (Å²) in [6.45, 7) is 15.1. The fourth-order valence-electron chi connectivity index (χ4n) is 9.37. The minimum atomic E-state index is -0.173. The van der Waals surface area contributed by atoms with Crippen molar-refractivity contribution in [2.45, 2.75) is 118 Å². The van der Waals surface area contributed by atoms with Gasteiger partial charge in [0, 0.05) is 0 Å². The number of fused-ring (bicyclic) bond motifs is 5. The zero-order valence-corrected chi connectivity index (χ0v) is 20.9. The SMILES string of the molecule is CCC(CCC(C)C1CCC2C3CCC4=CC(O)CCC4(C)C3CCC12C)C(C)C. The Morgan fingerprint density at radius 3 is 2.43 bits per heavy atom. The van der Waals surface area contributed by atoms with E-state index in [-0.39, 0.29) is 6.10 Å². The highest BCUT2D eigenvalue weighted by Crippen LogP contribution is 2.67. The molecule has 9 atom stereocenters. The minimum Gasteiger partial charge on any atom is -0.389 e. The van der Waals surface area contributed by atoms with Crippen molar-refractivity contribution in [3.8, 4) is 0 Å². The molecule has 0 aromatic rings. The van der Waals surface area contributed by atoms with Crippen LogP contribution in [-0.2, 0) is 0 Å². The van der Waals surface area contributed by atoms with E-state index in [1.165, 1.54) is 64.2 Å². The molecule has 0 saturated heterocycles. The van der Waals surface area contributed by atoms with Gasteiger partial charge in [-0.15, -0.1) is 0 Å². The fraction of sp³-hybridized carbons (Fsp3) is 0.931. The molecular formula is C29H50O. The Bertz CT molecular complexity index is 634. The molecule has 9 unspecified atom stereocenters. The van der Waals surface area contributed by atoms with Crippen LogP contribution in [0.3, 0.4) is 0 Å². The molecule has 1 heteroatoms. The van der Waals surface area contributed by atoms with Crippen LogP contribution in [-0.4, -0.2) is 11.2 Å². The second-order valence-electron chi connectivity index (χ2n) is 12.8. The van der Waals surface area contributed by atoms with E-state index >= 15 is 0 Å². The summed E-state index contributed by atoms with van der Waals surface area (Å²) in [6.07, 6.45) is 17.1. The van der Waals surface area contributed by atoms with Gasteiger partial charge in [0.15, 0.2) is 0 Å². The highest BCUT2D eigenvalue weighted by atomic mass is 16.3. The molecule has 0 aromatic carbocycles.